The van der Waals surface area contributed by atoms with Crippen molar-refractivity contribution in [3.8, 4) is 0 Å². The van der Waals surface area contributed by atoms with E-state index in [-0.39, 0.29) is 12.5 Å². The van der Waals surface area contributed by atoms with E-state index in [1.54, 1.807) is 16.9 Å². The molecule has 158 valence electrons. The lowest BCUT2D eigenvalue weighted by Crippen LogP contribution is -2.24. The summed E-state index contributed by atoms with van der Waals surface area (Å²) >= 11 is 0. The highest BCUT2D eigenvalue weighted by molar-refractivity contribution is 5.95. The van der Waals surface area contributed by atoms with Crippen molar-refractivity contribution in [2.24, 2.45) is 5.73 Å². The van der Waals surface area contributed by atoms with Gasteiger partial charge >= 0.3 is 0 Å². The Bertz CT molecular complexity index is 1260. The van der Waals surface area contributed by atoms with Crippen molar-refractivity contribution < 1.29 is 4.79 Å². The third-order valence-electron chi connectivity index (χ3n) is 5.16. The summed E-state index contributed by atoms with van der Waals surface area (Å²) in [5.41, 5.74) is 17.4. The zero-order valence-electron chi connectivity index (χ0n) is 17.6. The molecule has 0 aliphatic heterocycles. The number of rotatable bonds is 6. The lowest BCUT2D eigenvalue weighted by atomic mass is 10.1. The minimum absolute atomic E-state index is 0.180. The topological polar surface area (TPSA) is 125 Å². The lowest BCUT2D eigenvalue weighted by Gasteiger charge is -2.08. The van der Waals surface area contributed by atoms with E-state index in [9.17, 15) is 4.79 Å². The van der Waals surface area contributed by atoms with E-state index in [1.165, 1.54) is 0 Å². The summed E-state index contributed by atoms with van der Waals surface area (Å²) in [6, 6.07) is 11.8. The van der Waals surface area contributed by atoms with Crippen molar-refractivity contribution >= 4 is 22.6 Å². The Morgan fingerprint density at radius 1 is 1.16 bits per heavy atom. The molecular weight excluding hydrogens is 390 g/mol. The van der Waals surface area contributed by atoms with Gasteiger partial charge in [0.15, 0.2) is 0 Å². The maximum Gasteiger partial charge on any atom is 0.255 e. The quantitative estimate of drug-likeness (QED) is 0.444. The van der Waals surface area contributed by atoms with E-state index < -0.39 is 0 Å². The number of amides is 1. The largest absolute Gasteiger partial charge is 0.384 e. The van der Waals surface area contributed by atoms with E-state index in [2.05, 4.69) is 32.5 Å². The molecule has 8 heteroatoms. The van der Waals surface area contributed by atoms with Crippen LogP contribution in [0.5, 0.6) is 0 Å². The van der Waals surface area contributed by atoms with Gasteiger partial charge in [-0.15, -0.1) is 0 Å². The highest BCUT2D eigenvalue weighted by atomic mass is 16.1. The Kier molecular flexibility index (Phi) is 5.64. The zero-order valence-corrected chi connectivity index (χ0v) is 17.6. The van der Waals surface area contributed by atoms with E-state index in [0.29, 0.717) is 30.2 Å². The van der Waals surface area contributed by atoms with E-state index >= 15 is 0 Å². The fourth-order valence-corrected chi connectivity index (χ4v) is 3.53. The monoisotopic (exact) mass is 415 g/mol. The van der Waals surface area contributed by atoms with Gasteiger partial charge < -0.3 is 16.8 Å². The molecule has 31 heavy (non-hydrogen) atoms. The number of aryl methyl sites for hydroxylation is 2. The lowest BCUT2D eigenvalue weighted by molar-refractivity contribution is 0.0950. The van der Waals surface area contributed by atoms with Crippen molar-refractivity contribution in [1.82, 2.24) is 25.1 Å². The van der Waals surface area contributed by atoms with Gasteiger partial charge in [-0.05, 0) is 54.8 Å². The molecule has 0 saturated heterocycles. The predicted molar refractivity (Wildman–Crippen MR) is 120 cm³/mol. The number of fused-ring (bicyclic) bond motifs is 1. The van der Waals surface area contributed by atoms with Gasteiger partial charge in [0.05, 0.1) is 23.3 Å². The van der Waals surface area contributed by atoms with Gasteiger partial charge in [-0.1, -0.05) is 12.1 Å². The Balaban J connectivity index is 1.51. The molecule has 0 bridgehead atoms. The number of nitrogens with one attached hydrogen (secondary N) is 1. The number of hydrogen-bond donors (Lipinski definition) is 3. The Hall–Kier alpha value is -3.78. The molecule has 1 amide bonds. The summed E-state index contributed by atoms with van der Waals surface area (Å²) in [6.45, 7) is 4.95. The number of pyridine rings is 2. The van der Waals surface area contributed by atoms with Crippen LogP contribution in [-0.4, -0.2) is 25.7 Å². The van der Waals surface area contributed by atoms with E-state index in [0.717, 1.165) is 33.3 Å². The third kappa shape index (κ3) is 4.54. The van der Waals surface area contributed by atoms with Crippen LogP contribution >= 0.6 is 0 Å². The molecule has 0 atom stereocenters. The number of anilines is 1. The van der Waals surface area contributed by atoms with Crippen molar-refractivity contribution in [2.45, 2.75) is 33.5 Å². The predicted octanol–water partition coefficient (Wildman–Crippen LogP) is 2.46. The molecule has 4 rings (SSSR count). The van der Waals surface area contributed by atoms with Crippen LogP contribution in [0.25, 0.3) is 10.9 Å². The normalized spacial score (nSPS) is 11.1. The molecular formula is C23H25N7O. The molecule has 3 aromatic heterocycles. The number of carbonyl (C=O) groups is 1. The first-order valence-corrected chi connectivity index (χ1v) is 10.0. The Morgan fingerprint density at radius 2 is 2.00 bits per heavy atom. The molecule has 0 fully saturated rings. The van der Waals surface area contributed by atoms with Crippen LogP contribution < -0.4 is 16.8 Å². The van der Waals surface area contributed by atoms with Gasteiger partial charge in [-0.2, -0.15) is 5.10 Å². The first kappa shape index (κ1) is 20.5. The maximum absolute atomic E-state index is 12.8. The van der Waals surface area contributed by atoms with Crippen molar-refractivity contribution in [3.63, 3.8) is 0 Å². The zero-order chi connectivity index (χ0) is 22.0. The van der Waals surface area contributed by atoms with Gasteiger partial charge in [0, 0.05) is 36.6 Å². The van der Waals surface area contributed by atoms with Crippen LogP contribution in [0, 0.1) is 13.8 Å². The fraction of sp³-hybridized carbons (Fsp3) is 0.217. The summed E-state index contributed by atoms with van der Waals surface area (Å²) in [5, 5.41) is 8.51. The van der Waals surface area contributed by atoms with Gasteiger partial charge in [-0.25, -0.2) is 4.98 Å². The highest BCUT2D eigenvalue weighted by Crippen LogP contribution is 2.17. The average Bonchev–Trinajstić information content (AvgIpc) is 3.15. The number of nitrogens with zero attached hydrogens (tertiary/aromatic N) is 4. The van der Waals surface area contributed by atoms with Gasteiger partial charge in [0.1, 0.15) is 5.82 Å². The van der Waals surface area contributed by atoms with Crippen LogP contribution in [0.1, 0.15) is 38.4 Å². The van der Waals surface area contributed by atoms with Gasteiger partial charge in [0.25, 0.3) is 5.91 Å². The minimum Gasteiger partial charge on any atom is -0.384 e. The second-order valence-electron chi connectivity index (χ2n) is 7.59. The summed E-state index contributed by atoms with van der Waals surface area (Å²) in [7, 11) is 0. The summed E-state index contributed by atoms with van der Waals surface area (Å²) in [6.07, 6.45) is 3.60. The molecule has 3 heterocycles. The number of carbonyl (C=O) groups excluding carboxylic acids is 1. The van der Waals surface area contributed by atoms with Crippen LogP contribution in [0.3, 0.4) is 0 Å². The Labute approximate surface area is 180 Å². The van der Waals surface area contributed by atoms with Crippen LogP contribution in [0.15, 0.2) is 48.8 Å². The molecule has 0 unspecified atom stereocenters. The number of nitrogens with two attached hydrogens (primary N) is 2. The first-order valence-electron chi connectivity index (χ1n) is 10.0. The number of nitrogen functional groups attached to an aromatic ring is 1. The molecule has 8 nitrogen and oxygen atoms in total. The number of benzene rings is 1. The molecule has 5 N–H and O–H groups in total. The molecule has 0 spiro atoms. The highest BCUT2D eigenvalue weighted by Gasteiger charge is 2.16. The van der Waals surface area contributed by atoms with E-state index in [1.807, 2.05) is 38.2 Å². The van der Waals surface area contributed by atoms with Crippen LogP contribution in [-0.2, 0) is 19.6 Å². The van der Waals surface area contributed by atoms with Crippen molar-refractivity contribution in [3.05, 3.63) is 82.4 Å². The summed E-state index contributed by atoms with van der Waals surface area (Å²) < 4.78 is 1.75. The molecule has 4 aromatic rings. The molecule has 0 radical (unpaired) electrons. The first-order chi connectivity index (χ1) is 14.9. The summed E-state index contributed by atoms with van der Waals surface area (Å²) in [4.78, 5) is 21.4. The third-order valence-corrected chi connectivity index (χ3v) is 5.16. The Morgan fingerprint density at radius 3 is 2.77 bits per heavy atom. The maximum atomic E-state index is 12.8. The fourth-order valence-electron chi connectivity index (χ4n) is 3.53. The summed E-state index contributed by atoms with van der Waals surface area (Å²) in [5.74, 6) is 0.236. The van der Waals surface area contributed by atoms with Crippen LogP contribution in [0.2, 0.25) is 0 Å². The SMILES string of the molecule is Cc1cnc2ccc(Cn3cc(C(=O)NCc4ccc(N)nc4C)c(CN)n3)cc2c1. The van der Waals surface area contributed by atoms with Crippen molar-refractivity contribution in [1.29, 1.82) is 0 Å². The number of hydrogen-bond acceptors (Lipinski definition) is 6. The minimum atomic E-state index is -0.221. The standard InChI is InChI=1S/C23H25N7O/c1-14-7-18-8-16(3-5-20(18)26-10-14)12-30-13-19(21(9-24)29-30)23(31)27-11-17-4-6-22(25)28-15(17)2/h3-8,10,13H,9,11-12,24H2,1-2H3,(H2,25,28)(H,27,31). The molecule has 0 aliphatic carbocycles. The van der Waals surface area contributed by atoms with Crippen molar-refractivity contribution in [2.75, 3.05) is 5.73 Å². The molecule has 0 aliphatic rings. The average molecular weight is 416 g/mol. The smallest absolute Gasteiger partial charge is 0.255 e. The second kappa shape index (κ2) is 8.53. The molecule has 1 aromatic carbocycles. The second-order valence-corrected chi connectivity index (χ2v) is 7.59. The number of aromatic nitrogens is 4. The van der Waals surface area contributed by atoms with Gasteiger partial charge in [-0.3, -0.25) is 14.5 Å². The molecule has 0 saturated carbocycles. The van der Waals surface area contributed by atoms with E-state index in [4.69, 9.17) is 11.5 Å². The van der Waals surface area contributed by atoms with Gasteiger partial charge in [0.2, 0.25) is 0 Å². The van der Waals surface area contributed by atoms with Crippen LogP contribution in [0.4, 0.5) is 5.82 Å².